The molecule has 6 heteroatoms. The van der Waals surface area contributed by atoms with Gasteiger partial charge in [-0.2, -0.15) is 0 Å². The van der Waals surface area contributed by atoms with Crippen molar-refractivity contribution < 1.29 is 14.3 Å². The van der Waals surface area contributed by atoms with Gasteiger partial charge in [0.05, 0.1) is 5.38 Å². The zero-order valence-electron chi connectivity index (χ0n) is 12.1. The molecule has 1 rings (SSSR count). The Balaban J connectivity index is 2.25. The number of hydrogen-bond donors (Lipinski definition) is 0. The lowest BCUT2D eigenvalue weighted by molar-refractivity contribution is -0.127. The fourth-order valence-electron chi connectivity index (χ4n) is 1.87. The first-order chi connectivity index (χ1) is 8.69. The zero-order valence-corrected chi connectivity index (χ0v) is 12.9. The molecule has 110 valence electrons. The summed E-state index contributed by atoms with van der Waals surface area (Å²) in [5.74, 6) is 0.0971. The van der Waals surface area contributed by atoms with E-state index in [2.05, 4.69) is 0 Å². The molecule has 1 aliphatic rings. The number of carbonyl (C=O) groups is 2. The lowest BCUT2D eigenvalue weighted by Crippen LogP contribution is -2.36. The molecule has 1 atom stereocenters. The predicted molar refractivity (Wildman–Crippen MR) is 74.3 cm³/mol. The Hall–Kier alpha value is -0.970. The number of ether oxygens (including phenoxy) is 1. The summed E-state index contributed by atoms with van der Waals surface area (Å²) in [5, 5.41) is -0.0731. The monoisotopic (exact) mass is 290 g/mol. The molecule has 5 nitrogen and oxygen atoms in total. The molecule has 0 aromatic heterocycles. The van der Waals surface area contributed by atoms with Gasteiger partial charge >= 0.3 is 6.09 Å². The Morgan fingerprint density at radius 3 is 2.63 bits per heavy atom. The van der Waals surface area contributed by atoms with Crippen molar-refractivity contribution in [2.45, 2.75) is 44.6 Å². The van der Waals surface area contributed by atoms with Crippen LogP contribution in [0.1, 0.15) is 33.6 Å². The van der Waals surface area contributed by atoms with Crippen LogP contribution >= 0.6 is 11.6 Å². The summed E-state index contributed by atoms with van der Waals surface area (Å²) in [4.78, 5) is 26.5. The molecule has 0 saturated carbocycles. The van der Waals surface area contributed by atoms with E-state index in [1.807, 2.05) is 20.8 Å². The quantitative estimate of drug-likeness (QED) is 0.745. The van der Waals surface area contributed by atoms with Crippen LogP contribution in [-0.4, -0.2) is 59.5 Å². The Labute approximate surface area is 119 Å². The van der Waals surface area contributed by atoms with Crippen LogP contribution in [0, 0.1) is 0 Å². The Morgan fingerprint density at radius 2 is 2.16 bits per heavy atom. The number of rotatable bonds is 4. The summed E-state index contributed by atoms with van der Waals surface area (Å²) >= 11 is 5.92. The van der Waals surface area contributed by atoms with Crippen molar-refractivity contribution in [2.24, 2.45) is 0 Å². The van der Waals surface area contributed by atoms with E-state index in [4.69, 9.17) is 16.3 Å². The van der Waals surface area contributed by atoms with Gasteiger partial charge in [-0.05, 0) is 27.2 Å². The van der Waals surface area contributed by atoms with E-state index in [9.17, 15) is 9.59 Å². The van der Waals surface area contributed by atoms with E-state index in [0.717, 1.165) is 6.42 Å². The minimum atomic E-state index is -0.484. The van der Waals surface area contributed by atoms with Crippen LogP contribution in [0.25, 0.3) is 0 Å². The summed E-state index contributed by atoms with van der Waals surface area (Å²) in [5.41, 5.74) is -0.484. The lowest BCUT2D eigenvalue weighted by atomic mass is 10.2. The molecule has 1 aliphatic heterocycles. The maximum absolute atomic E-state index is 11.7. The molecule has 2 amide bonds. The molecule has 0 radical (unpaired) electrons. The van der Waals surface area contributed by atoms with Crippen LogP contribution in [0.2, 0.25) is 0 Å². The third kappa shape index (κ3) is 5.68. The van der Waals surface area contributed by atoms with E-state index < -0.39 is 5.60 Å². The molecule has 0 N–H and O–H groups in total. The topological polar surface area (TPSA) is 49.9 Å². The second-order valence-electron chi connectivity index (χ2n) is 5.90. The summed E-state index contributed by atoms with van der Waals surface area (Å²) in [6.45, 7) is 7.31. The molecular weight excluding hydrogens is 268 g/mol. The highest BCUT2D eigenvalue weighted by molar-refractivity contribution is 6.22. The predicted octanol–water partition coefficient (Wildman–Crippen LogP) is 2.08. The number of carbonyl (C=O) groups excluding carboxylic acids is 2. The number of hydrogen-bond acceptors (Lipinski definition) is 3. The fourth-order valence-corrected chi connectivity index (χ4v) is 2.17. The Morgan fingerprint density at radius 1 is 1.53 bits per heavy atom. The largest absolute Gasteiger partial charge is 0.444 e. The first-order valence-electron chi connectivity index (χ1n) is 6.55. The number of likely N-dealkylation sites (tertiary alicyclic amines) is 1. The van der Waals surface area contributed by atoms with Gasteiger partial charge in [0.25, 0.3) is 0 Å². The Kier molecular flexibility index (Phi) is 5.47. The van der Waals surface area contributed by atoms with Crippen molar-refractivity contribution in [1.82, 2.24) is 9.80 Å². The standard InChI is InChI=1S/C13H23ClN2O3/c1-13(2,3)19-12(18)15(4)6-5-7-16-9-10(14)8-11(16)17/h10H,5-9H2,1-4H3. The smallest absolute Gasteiger partial charge is 0.410 e. The summed E-state index contributed by atoms with van der Waals surface area (Å²) < 4.78 is 5.25. The average Bonchev–Trinajstić information content (AvgIpc) is 2.55. The molecule has 19 heavy (non-hydrogen) atoms. The normalized spacial score (nSPS) is 19.7. The number of nitrogens with zero attached hydrogens (tertiary/aromatic N) is 2. The van der Waals surface area contributed by atoms with Gasteiger partial charge in [0.1, 0.15) is 5.60 Å². The first-order valence-corrected chi connectivity index (χ1v) is 6.98. The SMILES string of the molecule is CN(CCCN1CC(Cl)CC1=O)C(=O)OC(C)(C)C. The maximum atomic E-state index is 11.7. The van der Waals surface area contributed by atoms with Crippen LogP contribution in [0.5, 0.6) is 0 Å². The van der Waals surface area contributed by atoms with Gasteiger partial charge < -0.3 is 14.5 Å². The van der Waals surface area contributed by atoms with Crippen LogP contribution in [0.4, 0.5) is 4.79 Å². The third-order valence-electron chi connectivity index (χ3n) is 2.79. The van der Waals surface area contributed by atoms with E-state index in [0.29, 0.717) is 26.1 Å². The van der Waals surface area contributed by atoms with Crippen LogP contribution in [0.3, 0.4) is 0 Å². The number of halogens is 1. The van der Waals surface area contributed by atoms with E-state index >= 15 is 0 Å². The molecule has 0 aromatic rings. The second-order valence-corrected chi connectivity index (χ2v) is 6.51. The highest BCUT2D eigenvalue weighted by atomic mass is 35.5. The number of alkyl halides is 1. The zero-order chi connectivity index (χ0) is 14.6. The van der Waals surface area contributed by atoms with Crippen LogP contribution in [-0.2, 0) is 9.53 Å². The van der Waals surface area contributed by atoms with Crippen molar-refractivity contribution in [3.8, 4) is 0 Å². The van der Waals surface area contributed by atoms with Crippen LogP contribution in [0.15, 0.2) is 0 Å². The minimum absolute atomic E-state index is 0.0731. The van der Waals surface area contributed by atoms with Gasteiger partial charge in [0.15, 0.2) is 0 Å². The van der Waals surface area contributed by atoms with E-state index in [1.54, 1.807) is 11.9 Å². The van der Waals surface area contributed by atoms with E-state index in [1.165, 1.54) is 4.90 Å². The van der Waals surface area contributed by atoms with Crippen molar-refractivity contribution >= 4 is 23.6 Å². The molecule has 1 unspecified atom stereocenters. The number of amides is 2. The molecule has 1 saturated heterocycles. The molecule has 0 aromatic carbocycles. The minimum Gasteiger partial charge on any atom is -0.444 e. The van der Waals surface area contributed by atoms with Gasteiger partial charge in [-0.15, -0.1) is 11.6 Å². The molecule has 0 aliphatic carbocycles. The first kappa shape index (κ1) is 16.1. The van der Waals surface area contributed by atoms with Gasteiger partial charge in [-0.25, -0.2) is 4.79 Å². The van der Waals surface area contributed by atoms with Gasteiger partial charge in [-0.1, -0.05) is 0 Å². The van der Waals surface area contributed by atoms with Crippen molar-refractivity contribution in [3.63, 3.8) is 0 Å². The van der Waals surface area contributed by atoms with Gasteiger partial charge in [0.2, 0.25) is 5.91 Å². The molecule has 0 spiro atoms. The van der Waals surface area contributed by atoms with Crippen molar-refractivity contribution in [1.29, 1.82) is 0 Å². The third-order valence-corrected chi connectivity index (χ3v) is 3.09. The maximum Gasteiger partial charge on any atom is 0.410 e. The molecule has 0 bridgehead atoms. The van der Waals surface area contributed by atoms with E-state index in [-0.39, 0.29) is 17.4 Å². The fraction of sp³-hybridized carbons (Fsp3) is 0.846. The van der Waals surface area contributed by atoms with Crippen molar-refractivity contribution in [3.05, 3.63) is 0 Å². The van der Waals surface area contributed by atoms with Crippen molar-refractivity contribution in [2.75, 3.05) is 26.7 Å². The summed E-state index contributed by atoms with van der Waals surface area (Å²) in [7, 11) is 1.70. The van der Waals surface area contributed by atoms with Gasteiger partial charge in [-0.3, -0.25) is 4.79 Å². The lowest BCUT2D eigenvalue weighted by Gasteiger charge is -2.25. The molecule has 1 fully saturated rings. The summed E-state index contributed by atoms with van der Waals surface area (Å²) in [6, 6.07) is 0. The van der Waals surface area contributed by atoms with Gasteiger partial charge in [0, 0.05) is 33.1 Å². The summed E-state index contributed by atoms with van der Waals surface area (Å²) in [6.07, 6.45) is 0.810. The average molecular weight is 291 g/mol. The van der Waals surface area contributed by atoms with Crippen LogP contribution < -0.4 is 0 Å². The molecular formula is C13H23ClN2O3. The molecule has 1 heterocycles. The highest BCUT2D eigenvalue weighted by Crippen LogP contribution is 2.16. The second kappa shape index (κ2) is 6.46. The Bertz CT molecular complexity index is 341. The highest BCUT2D eigenvalue weighted by Gasteiger charge is 2.27.